The van der Waals surface area contributed by atoms with E-state index in [9.17, 15) is 14.4 Å². The second-order valence-corrected chi connectivity index (χ2v) is 6.50. The summed E-state index contributed by atoms with van der Waals surface area (Å²) < 4.78 is 5.30. The van der Waals surface area contributed by atoms with Gasteiger partial charge in [0, 0.05) is 16.8 Å². The summed E-state index contributed by atoms with van der Waals surface area (Å²) in [6, 6.07) is 22.5. The molecule has 0 aliphatic heterocycles. The summed E-state index contributed by atoms with van der Waals surface area (Å²) in [6.07, 6.45) is 0. The smallest absolute Gasteiger partial charge is 0.276 e. The van der Waals surface area contributed by atoms with Crippen LogP contribution in [0.4, 0.5) is 5.69 Å². The first-order valence-electron chi connectivity index (χ1n) is 9.26. The first-order valence-corrected chi connectivity index (χ1v) is 9.26. The molecule has 30 heavy (non-hydrogen) atoms. The SMILES string of the molecule is Cc1cccc(C(=O)Nc2ccc(C(=O)NNC(=O)COc3ccccc3)cc2)c1. The van der Waals surface area contributed by atoms with Crippen LogP contribution in [0.1, 0.15) is 26.3 Å². The van der Waals surface area contributed by atoms with Crippen molar-refractivity contribution in [3.05, 3.63) is 95.6 Å². The van der Waals surface area contributed by atoms with Crippen molar-refractivity contribution in [3.63, 3.8) is 0 Å². The molecule has 3 rings (SSSR count). The molecule has 3 aromatic carbocycles. The Balaban J connectivity index is 1.47. The van der Waals surface area contributed by atoms with E-state index in [2.05, 4.69) is 16.2 Å². The lowest BCUT2D eigenvalue weighted by Gasteiger charge is -2.10. The first kappa shape index (κ1) is 20.6. The number of para-hydroxylation sites is 1. The van der Waals surface area contributed by atoms with Crippen molar-refractivity contribution in [2.24, 2.45) is 0 Å². The predicted octanol–water partition coefficient (Wildman–Crippen LogP) is 3.09. The zero-order valence-corrected chi connectivity index (χ0v) is 16.3. The number of hydrazine groups is 1. The molecule has 7 nitrogen and oxygen atoms in total. The van der Waals surface area contributed by atoms with Crippen molar-refractivity contribution < 1.29 is 19.1 Å². The Morgan fingerprint density at radius 2 is 1.50 bits per heavy atom. The summed E-state index contributed by atoms with van der Waals surface area (Å²) >= 11 is 0. The number of aryl methyl sites for hydroxylation is 1. The number of ether oxygens (including phenoxy) is 1. The lowest BCUT2D eigenvalue weighted by molar-refractivity contribution is -0.123. The zero-order chi connectivity index (χ0) is 21.3. The van der Waals surface area contributed by atoms with Gasteiger partial charge in [-0.3, -0.25) is 25.2 Å². The average Bonchev–Trinajstić information content (AvgIpc) is 2.77. The van der Waals surface area contributed by atoms with Crippen LogP contribution in [0.25, 0.3) is 0 Å². The van der Waals surface area contributed by atoms with Crippen molar-refractivity contribution in [3.8, 4) is 5.75 Å². The maximum Gasteiger partial charge on any atom is 0.276 e. The number of hydrogen-bond acceptors (Lipinski definition) is 4. The van der Waals surface area contributed by atoms with E-state index in [1.807, 2.05) is 25.1 Å². The largest absolute Gasteiger partial charge is 0.484 e. The van der Waals surface area contributed by atoms with Crippen molar-refractivity contribution >= 4 is 23.4 Å². The summed E-state index contributed by atoms with van der Waals surface area (Å²) in [4.78, 5) is 36.2. The van der Waals surface area contributed by atoms with Gasteiger partial charge in [-0.1, -0.05) is 35.9 Å². The quantitative estimate of drug-likeness (QED) is 0.551. The van der Waals surface area contributed by atoms with E-state index in [-0.39, 0.29) is 12.5 Å². The fourth-order valence-corrected chi connectivity index (χ4v) is 2.59. The molecule has 0 aliphatic rings. The van der Waals surface area contributed by atoms with Gasteiger partial charge in [-0.25, -0.2) is 0 Å². The van der Waals surface area contributed by atoms with Crippen molar-refractivity contribution in [2.45, 2.75) is 6.92 Å². The summed E-state index contributed by atoms with van der Waals surface area (Å²) in [7, 11) is 0. The molecule has 7 heteroatoms. The number of benzene rings is 3. The maximum atomic E-state index is 12.3. The van der Waals surface area contributed by atoms with Gasteiger partial charge in [-0.15, -0.1) is 0 Å². The summed E-state index contributed by atoms with van der Waals surface area (Å²) in [5.41, 5.74) is 7.04. The van der Waals surface area contributed by atoms with Crippen LogP contribution >= 0.6 is 0 Å². The van der Waals surface area contributed by atoms with Gasteiger partial charge in [0.05, 0.1) is 0 Å². The summed E-state index contributed by atoms with van der Waals surface area (Å²) in [5.74, 6) is -0.655. The van der Waals surface area contributed by atoms with Crippen LogP contribution in [0.5, 0.6) is 5.75 Å². The minimum absolute atomic E-state index is 0.228. The number of hydrogen-bond donors (Lipinski definition) is 3. The van der Waals surface area contributed by atoms with Crippen molar-refractivity contribution in [2.75, 3.05) is 11.9 Å². The predicted molar refractivity (Wildman–Crippen MR) is 113 cm³/mol. The number of carbonyl (C=O) groups excluding carboxylic acids is 3. The normalized spacial score (nSPS) is 10.0. The Hall–Kier alpha value is -4.13. The van der Waals surface area contributed by atoms with Crippen LogP contribution in [-0.4, -0.2) is 24.3 Å². The van der Waals surface area contributed by atoms with Crippen LogP contribution in [0, 0.1) is 6.92 Å². The molecular formula is C23H21N3O4. The minimum Gasteiger partial charge on any atom is -0.484 e. The molecule has 0 radical (unpaired) electrons. The van der Waals surface area contributed by atoms with Gasteiger partial charge in [0.25, 0.3) is 17.7 Å². The Bertz CT molecular complexity index is 1030. The molecule has 3 amide bonds. The van der Waals surface area contributed by atoms with Gasteiger partial charge in [-0.05, 0) is 55.5 Å². The van der Waals surface area contributed by atoms with Gasteiger partial charge in [0.15, 0.2) is 6.61 Å². The van der Waals surface area contributed by atoms with Crippen LogP contribution in [-0.2, 0) is 4.79 Å². The molecule has 0 unspecified atom stereocenters. The van der Waals surface area contributed by atoms with E-state index in [0.29, 0.717) is 22.6 Å². The van der Waals surface area contributed by atoms with E-state index in [1.54, 1.807) is 60.7 Å². The molecule has 0 aromatic heterocycles. The van der Waals surface area contributed by atoms with E-state index >= 15 is 0 Å². The van der Waals surface area contributed by atoms with E-state index < -0.39 is 11.8 Å². The highest BCUT2D eigenvalue weighted by Gasteiger charge is 2.10. The molecule has 0 saturated heterocycles. The Labute approximate surface area is 174 Å². The molecule has 3 N–H and O–H groups in total. The van der Waals surface area contributed by atoms with E-state index in [0.717, 1.165) is 5.56 Å². The lowest BCUT2D eigenvalue weighted by Crippen LogP contribution is -2.43. The summed E-state index contributed by atoms with van der Waals surface area (Å²) in [5, 5.41) is 2.78. The average molecular weight is 403 g/mol. The standard InChI is InChI=1S/C23H21N3O4/c1-16-6-5-7-18(14-16)22(28)24-19-12-10-17(11-13-19)23(29)26-25-21(27)15-30-20-8-3-2-4-9-20/h2-14H,15H2,1H3,(H,24,28)(H,25,27)(H,26,29). The third-order valence-electron chi connectivity index (χ3n) is 4.11. The topological polar surface area (TPSA) is 96.5 Å². The van der Waals surface area contributed by atoms with Gasteiger partial charge in [-0.2, -0.15) is 0 Å². The van der Waals surface area contributed by atoms with E-state index in [1.165, 1.54) is 0 Å². The lowest BCUT2D eigenvalue weighted by atomic mass is 10.1. The summed E-state index contributed by atoms with van der Waals surface area (Å²) in [6.45, 7) is 1.69. The molecule has 3 aromatic rings. The minimum atomic E-state index is -0.491. The Morgan fingerprint density at radius 3 is 2.20 bits per heavy atom. The van der Waals surface area contributed by atoms with Crippen LogP contribution < -0.4 is 20.9 Å². The number of rotatable bonds is 6. The molecule has 0 saturated carbocycles. The molecule has 0 atom stereocenters. The van der Waals surface area contributed by atoms with Gasteiger partial charge >= 0.3 is 0 Å². The third kappa shape index (κ3) is 5.93. The second-order valence-electron chi connectivity index (χ2n) is 6.50. The molecule has 0 heterocycles. The molecule has 0 bridgehead atoms. The zero-order valence-electron chi connectivity index (χ0n) is 16.3. The monoisotopic (exact) mass is 403 g/mol. The fraction of sp³-hybridized carbons (Fsp3) is 0.0870. The number of anilines is 1. The fourth-order valence-electron chi connectivity index (χ4n) is 2.59. The number of carbonyl (C=O) groups is 3. The first-order chi connectivity index (χ1) is 14.5. The van der Waals surface area contributed by atoms with Crippen LogP contribution in [0.2, 0.25) is 0 Å². The van der Waals surface area contributed by atoms with Gasteiger partial charge < -0.3 is 10.1 Å². The molecular weight excluding hydrogens is 382 g/mol. The van der Waals surface area contributed by atoms with E-state index in [4.69, 9.17) is 4.74 Å². The second kappa shape index (κ2) is 9.88. The molecule has 0 spiro atoms. The van der Waals surface area contributed by atoms with Crippen molar-refractivity contribution in [1.82, 2.24) is 10.9 Å². The third-order valence-corrected chi connectivity index (χ3v) is 4.11. The van der Waals surface area contributed by atoms with Crippen LogP contribution in [0.15, 0.2) is 78.9 Å². The Kier molecular flexibility index (Phi) is 6.78. The van der Waals surface area contributed by atoms with Crippen molar-refractivity contribution in [1.29, 1.82) is 0 Å². The highest BCUT2D eigenvalue weighted by molar-refractivity contribution is 6.04. The molecule has 0 fully saturated rings. The van der Waals surface area contributed by atoms with Gasteiger partial charge in [0.1, 0.15) is 5.75 Å². The maximum absolute atomic E-state index is 12.3. The highest BCUT2D eigenvalue weighted by Crippen LogP contribution is 2.12. The molecule has 0 aliphatic carbocycles. The Morgan fingerprint density at radius 1 is 0.767 bits per heavy atom. The van der Waals surface area contributed by atoms with Gasteiger partial charge in [0.2, 0.25) is 0 Å². The highest BCUT2D eigenvalue weighted by atomic mass is 16.5. The number of amides is 3. The van der Waals surface area contributed by atoms with Crippen LogP contribution in [0.3, 0.4) is 0 Å². The number of nitrogens with one attached hydrogen (secondary N) is 3. The molecule has 152 valence electrons.